The quantitative estimate of drug-likeness (QED) is 0.714. The highest BCUT2D eigenvalue weighted by atomic mass is 16.5. The third-order valence-corrected chi connectivity index (χ3v) is 3.60. The van der Waals surface area contributed by atoms with Crippen molar-refractivity contribution >= 4 is 5.82 Å². The molecule has 0 amide bonds. The number of ether oxygens (including phenoxy) is 1. The SMILES string of the molecule is CCNCc1ccc(N(CCOC)C(CC)CC)nc1. The van der Waals surface area contributed by atoms with Gasteiger partial charge in [0.25, 0.3) is 0 Å². The van der Waals surface area contributed by atoms with Crippen LogP contribution in [0.2, 0.25) is 0 Å². The predicted octanol–water partition coefficient (Wildman–Crippen LogP) is 2.83. The highest BCUT2D eigenvalue weighted by molar-refractivity contribution is 5.40. The molecular formula is C16H29N3O. The molecule has 0 fully saturated rings. The van der Waals surface area contributed by atoms with Gasteiger partial charge in [-0.05, 0) is 31.0 Å². The van der Waals surface area contributed by atoms with E-state index in [1.165, 1.54) is 5.56 Å². The predicted molar refractivity (Wildman–Crippen MR) is 85.2 cm³/mol. The van der Waals surface area contributed by atoms with Gasteiger partial charge in [0.1, 0.15) is 5.82 Å². The lowest BCUT2D eigenvalue weighted by molar-refractivity contribution is 0.202. The van der Waals surface area contributed by atoms with Crippen molar-refractivity contribution in [2.24, 2.45) is 0 Å². The van der Waals surface area contributed by atoms with E-state index in [4.69, 9.17) is 4.74 Å². The van der Waals surface area contributed by atoms with Gasteiger partial charge < -0.3 is 15.0 Å². The minimum Gasteiger partial charge on any atom is -0.383 e. The first-order valence-corrected chi connectivity index (χ1v) is 7.67. The summed E-state index contributed by atoms with van der Waals surface area (Å²) in [5, 5.41) is 3.32. The fourth-order valence-electron chi connectivity index (χ4n) is 2.36. The van der Waals surface area contributed by atoms with Crippen LogP contribution in [-0.2, 0) is 11.3 Å². The molecule has 0 aromatic carbocycles. The van der Waals surface area contributed by atoms with Crippen LogP contribution in [0.3, 0.4) is 0 Å². The van der Waals surface area contributed by atoms with Crippen LogP contribution < -0.4 is 10.2 Å². The van der Waals surface area contributed by atoms with Gasteiger partial charge in [-0.1, -0.05) is 26.8 Å². The normalized spacial score (nSPS) is 11.1. The molecular weight excluding hydrogens is 250 g/mol. The van der Waals surface area contributed by atoms with Crippen LogP contribution in [0.15, 0.2) is 18.3 Å². The Morgan fingerprint density at radius 1 is 1.25 bits per heavy atom. The number of hydrogen-bond acceptors (Lipinski definition) is 4. The van der Waals surface area contributed by atoms with Crippen LogP contribution in [-0.4, -0.2) is 37.8 Å². The number of methoxy groups -OCH3 is 1. The van der Waals surface area contributed by atoms with Crippen molar-refractivity contribution in [3.63, 3.8) is 0 Å². The van der Waals surface area contributed by atoms with Crippen molar-refractivity contribution in [2.75, 3.05) is 31.7 Å². The van der Waals surface area contributed by atoms with E-state index in [-0.39, 0.29) is 0 Å². The van der Waals surface area contributed by atoms with Crippen molar-refractivity contribution in [3.05, 3.63) is 23.9 Å². The van der Waals surface area contributed by atoms with Gasteiger partial charge in [0.2, 0.25) is 0 Å². The molecule has 114 valence electrons. The molecule has 1 N–H and O–H groups in total. The highest BCUT2D eigenvalue weighted by Gasteiger charge is 2.16. The van der Waals surface area contributed by atoms with Gasteiger partial charge in [0.05, 0.1) is 6.61 Å². The number of nitrogens with zero attached hydrogens (tertiary/aromatic N) is 2. The third-order valence-electron chi connectivity index (χ3n) is 3.60. The van der Waals surface area contributed by atoms with Gasteiger partial charge >= 0.3 is 0 Å². The molecule has 0 radical (unpaired) electrons. The summed E-state index contributed by atoms with van der Waals surface area (Å²) in [7, 11) is 1.75. The molecule has 0 unspecified atom stereocenters. The van der Waals surface area contributed by atoms with E-state index in [0.29, 0.717) is 6.04 Å². The minimum atomic E-state index is 0.525. The molecule has 0 saturated heterocycles. The largest absolute Gasteiger partial charge is 0.383 e. The Morgan fingerprint density at radius 2 is 2.00 bits per heavy atom. The summed E-state index contributed by atoms with van der Waals surface area (Å²) in [6, 6.07) is 4.81. The molecule has 1 aromatic rings. The standard InChI is InChI=1S/C16H29N3O/c1-5-15(6-2)19(10-11-20-4)16-9-8-14(13-18-16)12-17-7-3/h8-9,13,15,17H,5-7,10-12H2,1-4H3. The van der Waals surface area contributed by atoms with Crippen LogP contribution >= 0.6 is 0 Å². The monoisotopic (exact) mass is 279 g/mol. The van der Waals surface area contributed by atoms with E-state index >= 15 is 0 Å². The van der Waals surface area contributed by atoms with Gasteiger partial charge in [-0.15, -0.1) is 0 Å². The van der Waals surface area contributed by atoms with E-state index in [0.717, 1.165) is 44.9 Å². The molecule has 0 bridgehead atoms. The first-order valence-electron chi connectivity index (χ1n) is 7.67. The number of nitrogens with one attached hydrogen (secondary N) is 1. The van der Waals surface area contributed by atoms with Crippen molar-refractivity contribution < 1.29 is 4.74 Å². The number of anilines is 1. The molecule has 0 saturated carbocycles. The lowest BCUT2D eigenvalue weighted by atomic mass is 10.1. The number of hydrogen-bond donors (Lipinski definition) is 1. The first-order chi connectivity index (χ1) is 9.76. The maximum absolute atomic E-state index is 5.23. The molecule has 0 aliphatic rings. The van der Waals surface area contributed by atoms with E-state index in [2.05, 4.69) is 48.1 Å². The fraction of sp³-hybridized carbons (Fsp3) is 0.688. The summed E-state index contributed by atoms with van der Waals surface area (Å²) in [6.07, 6.45) is 4.22. The summed E-state index contributed by atoms with van der Waals surface area (Å²) in [6.45, 7) is 10.1. The van der Waals surface area contributed by atoms with Gasteiger partial charge in [0.15, 0.2) is 0 Å². The zero-order valence-electron chi connectivity index (χ0n) is 13.4. The molecule has 0 aliphatic carbocycles. The molecule has 1 aromatic heterocycles. The lowest BCUT2D eigenvalue weighted by Crippen LogP contribution is -2.37. The Labute approximate surface area is 123 Å². The Morgan fingerprint density at radius 3 is 2.50 bits per heavy atom. The Hall–Kier alpha value is -1.13. The second-order valence-electron chi connectivity index (χ2n) is 4.96. The van der Waals surface area contributed by atoms with Crippen molar-refractivity contribution in [3.8, 4) is 0 Å². The maximum atomic E-state index is 5.23. The molecule has 20 heavy (non-hydrogen) atoms. The second-order valence-corrected chi connectivity index (χ2v) is 4.96. The Bertz CT molecular complexity index is 349. The van der Waals surface area contributed by atoms with Crippen LogP contribution in [0.5, 0.6) is 0 Å². The van der Waals surface area contributed by atoms with Gasteiger partial charge in [-0.25, -0.2) is 4.98 Å². The Kier molecular flexibility index (Phi) is 8.23. The summed E-state index contributed by atoms with van der Waals surface area (Å²) in [4.78, 5) is 6.99. The van der Waals surface area contributed by atoms with Crippen LogP contribution in [0, 0.1) is 0 Å². The number of pyridine rings is 1. The van der Waals surface area contributed by atoms with Crippen molar-refractivity contribution in [1.29, 1.82) is 0 Å². The molecule has 0 aliphatic heterocycles. The number of aromatic nitrogens is 1. The van der Waals surface area contributed by atoms with Gasteiger partial charge in [-0.3, -0.25) is 0 Å². The van der Waals surface area contributed by atoms with Crippen LogP contribution in [0.4, 0.5) is 5.82 Å². The zero-order chi connectivity index (χ0) is 14.8. The molecule has 1 rings (SSSR count). The molecule has 0 spiro atoms. The minimum absolute atomic E-state index is 0.525. The summed E-state index contributed by atoms with van der Waals surface area (Å²) >= 11 is 0. The van der Waals surface area contributed by atoms with E-state index in [1.54, 1.807) is 7.11 Å². The van der Waals surface area contributed by atoms with Gasteiger partial charge in [0, 0.05) is 32.4 Å². The van der Waals surface area contributed by atoms with E-state index in [1.807, 2.05) is 6.20 Å². The molecule has 4 heteroatoms. The second kappa shape index (κ2) is 9.72. The topological polar surface area (TPSA) is 37.4 Å². The van der Waals surface area contributed by atoms with Crippen molar-refractivity contribution in [2.45, 2.75) is 46.2 Å². The maximum Gasteiger partial charge on any atom is 0.128 e. The summed E-state index contributed by atoms with van der Waals surface area (Å²) in [5.74, 6) is 1.05. The zero-order valence-corrected chi connectivity index (χ0v) is 13.4. The van der Waals surface area contributed by atoms with Gasteiger partial charge in [-0.2, -0.15) is 0 Å². The highest BCUT2D eigenvalue weighted by Crippen LogP contribution is 2.18. The first kappa shape index (κ1) is 16.9. The molecule has 0 atom stereocenters. The van der Waals surface area contributed by atoms with Crippen LogP contribution in [0.25, 0.3) is 0 Å². The van der Waals surface area contributed by atoms with E-state index in [9.17, 15) is 0 Å². The Balaban J connectivity index is 2.78. The summed E-state index contributed by atoms with van der Waals surface area (Å²) < 4.78 is 5.23. The lowest BCUT2D eigenvalue weighted by Gasteiger charge is -2.31. The summed E-state index contributed by atoms with van der Waals surface area (Å²) in [5.41, 5.74) is 1.23. The van der Waals surface area contributed by atoms with E-state index < -0.39 is 0 Å². The van der Waals surface area contributed by atoms with Crippen molar-refractivity contribution in [1.82, 2.24) is 10.3 Å². The average Bonchev–Trinajstić information content (AvgIpc) is 2.50. The molecule has 4 nitrogen and oxygen atoms in total. The average molecular weight is 279 g/mol. The molecule has 1 heterocycles. The number of rotatable bonds is 10. The fourth-order valence-corrected chi connectivity index (χ4v) is 2.36. The van der Waals surface area contributed by atoms with Crippen LogP contribution in [0.1, 0.15) is 39.2 Å². The third kappa shape index (κ3) is 5.10. The smallest absolute Gasteiger partial charge is 0.128 e.